The second-order valence-electron chi connectivity index (χ2n) is 4.12. The number of halogens is 1. The molecule has 4 nitrogen and oxygen atoms in total. The molecule has 0 aliphatic rings. The maximum absolute atomic E-state index is 5.84. The van der Waals surface area contributed by atoms with Crippen LogP contribution in [0.5, 0.6) is 0 Å². The van der Waals surface area contributed by atoms with Gasteiger partial charge in [0.15, 0.2) is 0 Å². The van der Waals surface area contributed by atoms with Crippen molar-refractivity contribution in [1.29, 1.82) is 0 Å². The maximum Gasteiger partial charge on any atom is 0.148 e. The topological polar surface area (TPSA) is 39.9 Å². The van der Waals surface area contributed by atoms with Gasteiger partial charge in [0.05, 0.1) is 12.5 Å². The molecule has 1 heterocycles. The SMILES string of the molecule is CCCCCCc1nnc(CCl)n1CCOC. The van der Waals surface area contributed by atoms with Gasteiger partial charge in [0.25, 0.3) is 0 Å². The van der Waals surface area contributed by atoms with E-state index in [0.717, 1.165) is 24.6 Å². The zero-order valence-electron chi connectivity index (χ0n) is 10.8. The van der Waals surface area contributed by atoms with Crippen molar-refractivity contribution in [3.05, 3.63) is 11.6 Å². The molecule has 5 heteroatoms. The van der Waals surface area contributed by atoms with Crippen LogP contribution in [0.2, 0.25) is 0 Å². The van der Waals surface area contributed by atoms with Gasteiger partial charge in [-0.1, -0.05) is 26.2 Å². The zero-order chi connectivity index (χ0) is 12.5. The van der Waals surface area contributed by atoms with Gasteiger partial charge in [-0.25, -0.2) is 0 Å². The normalized spacial score (nSPS) is 11.0. The molecule has 0 amide bonds. The summed E-state index contributed by atoms with van der Waals surface area (Å²) in [4.78, 5) is 0. The van der Waals surface area contributed by atoms with E-state index in [1.165, 1.54) is 25.7 Å². The fourth-order valence-corrected chi connectivity index (χ4v) is 2.00. The van der Waals surface area contributed by atoms with Gasteiger partial charge in [-0.15, -0.1) is 21.8 Å². The number of hydrogen-bond donors (Lipinski definition) is 0. The lowest BCUT2D eigenvalue weighted by Gasteiger charge is -2.08. The Morgan fingerprint density at radius 1 is 1.18 bits per heavy atom. The van der Waals surface area contributed by atoms with E-state index in [-0.39, 0.29) is 0 Å². The number of ether oxygens (including phenoxy) is 1. The van der Waals surface area contributed by atoms with Crippen molar-refractivity contribution in [2.45, 2.75) is 51.5 Å². The first-order chi connectivity index (χ1) is 8.33. The Hall–Kier alpha value is -0.610. The predicted molar refractivity (Wildman–Crippen MR) is 69.3 cm³/mol. The number of nitrogens with zero attached hydrogens (tertiary/aromatic N) is 3. The van der Waals surface area contributed by atoms with Crippen molar-refractivity contribution in [1.82, 2.24) is 14.8 Å². The summed E-state index contributed by atoms with van der Waals surface area (Å²) >= 11 is 5.84. The summed E-state index contributed by atoms with van der Waals surface area (Å²) < 4.78 is 7.18. The molecule has 0 N–H and O–H groups in total. The van der Waals surface area contributed by atoms with Gasteiger partial charge < -0.3 is 9.30 Å². The maximum atomic E-state index is 5.84. The van der Waals surface area contributed by atoms with E-state index < -0.39 is 0 Å². The van der Waals surface area contributed by atoms with Crippen LogP contribution < -0.4 is 0 Å². The average molecular weight is 260 g/mol. The molecule has 0 fully saturated rings. The van der Waals surface area contributed by atoms with Crippen LogP contribution in [0.25, 0.3) is 0 Å². The van der Waals surface area contributed by atoms with Crippen LogP contribution in [0.4, 0.5) is 0 Å². The Kier molecular flexibility index (Phi) is 7.21. The lowest BCUT2D eigenvalue weighted by molar-refractivity contribution is 0.185. The van der Waals surface area contributed by atoms with E-state index in [2.05, 4.69) is 21.7 Å². The third-order valence-corrected chi connectivity index (χ3v) is 3.04. The molecule has 0 unspecified atom stereocenters. The first kappa shape index (κ1) is 14.5. The third-order valence-electron chi connectivity index (χ3n) is 2.80. The summed E-state index contributed by atoms with van der Waals surface area (Å²) in [5, 5.41) is 8.32. The van der Waals surface area contributed by atoms with E-state index in [0.29, 0.717) is 12.5 Å². The highest BCUT2D eigenvalue weighted by Gasteiger charge is 2.10. The van der Waals surface area contributed by atoms with Gasteiger partial charge in [-0.3, -0.25) is 0 Å². The zero-order valence-corrected chi connectivity index (χ0v) is 11.5. The minimum absolute atomic E-state index is 0.408. The smallest absolute Gasteiger partial charge is 0.148 e. The van der Waals surface area contributed by atoms with Crippen LogP contribution in [-0.2, 0) is 23.6 Å². The summed E-state index contributed by atoms with van der Waals surface area (Å²) in [5.74, 6) is 2.29. The highest BCUT2D eigenvalue weighted by molar-refractivity contribution is 6.16. The van der Waals surface area contributed by atoms with E-state index in [9.17, 15) is 0 Å². The second-order valence-corrected chi connectivity index (χ2v) is 4.39. The van der Waals surface area contributed by atoms with Crippen LogP contribution in [0, 0.1) is 0 Å². The van der Waals surface area contributed by atoms with E-state index >= 15 is 0 Å². The Morgan fingerprint density at radius 2 is 1.94 bits per heavy atom. The molecule has 0 bridgehead atoms. The standard InChI is InChI=1S/C12H22ClN3O/c1-3-4-5-6-7-11-14-15-12(10-13)16(11)8-9-17-2/h3-10H2,1-2H3. The lowest BCUT2D eigenvalue weighted by Crippen LogP contribution is -2.11. The number of aryl methyl sites for hydroxylation is 1. The van der Waals surface area contributed by atoms with Crippen molar-refractivity contribution < 1.29 is 4.74 Å². The summed E-state index contributed by atoms with van der Waals surface area (Å²) in [6.45, 7) is 3.67. The summed E-state index contributed by atoms with van der Waals surface area (Å²) in [7, 11) is 1.70. The van der Waals surface area contributed by atoms with Gasteiger partial charge in [0.2, 0.25) is 0 Å². The summed E-state index contributed by atoms with van der Waals surface area (Å²) in [6, 6.07) is 0. The second kappa shape index (κ2) is 8.48. The van der Waals surface area contributed by atoms with Gasteiger partial charge >= 0.3 is 0 Å². The molecule has 17 heavy (non-hydrogen) atoms. The lowest BCUT2D eigenvalue weighted by atomic mass is 10.1. The first-order valence-corrected chi connectivity index (χ1v) is 6.82. The van der Waals surface area contributed by atoms with Crippen molar-refractivity contribution in [3.8, 4) is 0 Å². The number of alkyl halides is 1. The predicted octanol–water partition coefficient (Wildman–Crippen LogP) is 2.79. The van der Waals surface area contributed by atoms with E-state index in [1.807, 2.05) is 0 Å². The van der Waals surface area contributed by atoms with E-state index in [4.69, 9.17) is 16.3 Å². The van der Waals surface area contributed by atoms with Crippen LogP contribution >= 0.6 is 11.6 Å². The monoisotopic (exact) mass is 259 g/mol. The van der Waals surface area contributed by atoms with Crippen molar-refractivity contribution in [3.63, 3.8) is 0 Å². The minimum atomic E-state index is 0.408. The molecule has 0 aliphatic carbocycles. The molecule has 0 radical (unpaired) electrons. The van der Waals surface area contributed by atoms with Crippen molar-refractivity contribution >= 4 is 11.6 Å². The molecule has 0 aliphatic heterocycles. The molecule has 0 aromatic carbocycles. The highest BCUT2D eigenvalue weighted by Crippen LogP contribution is 2.10. The average Bonchev–Trinajstić information content (AvgIpc) is 2.74. The number of methoxy groups -OCH3 is 1. The third kappa shape index (κ3) is 4.64. The molecule has 98 valence electrons. The Labute approximate surface area is 108 Å². The van der Waals surface area contributed by atoms with Gasteiger partial charge in [-0.2, -0.15) is 0 Å². The van der Waals surface area contributed by atoms with Crippen LogP contribution in [0.1, 0.15) is 44.3 Å². The molecular formula is C12H22ClN3O. The molecule has 1 rings (SSSR count). The molecular weight excluding hydrogens is 238 g/mol. The summed E-state index contributed by atoms with van der Waals surface area (Å²) in [5.41, 5.74) is 0. The largest absolute Gasteiger partial charge is 0.383 e. The molecule has 0 atom stereocenters. The summed E-state index contributed by atoms with van der Waals surface area (Å²) in [6.07, 6.45) is 5.94. The number of aromatic nitrogens is 3. The van der Waals surface area contributed by atoms with Crippen LogP contribution in [0.3, 0.4) is 0 Å². The number of hydrogen-bond acceptors (Lipinski definition) is 3. The molecule has 1 aromatic rings. The van der Waals surface area contributed by atoms with Gasteiger partial charge in [-0.05, 0) is 6.42 Å². The molecule has 0 saturated heterocycles. The van der Waals surface area contributed by atoms with Crippen LogP contribution in [0.15, 0.2) is 0 Å². The van der Waals surface area contributed by atoms with Crippen LogP contribution in [-0.4, -0.2) is 28.5 Å². The fourth-order valence-electron chi connectivity index (χ4n) is 1.81. The highest BCUT2D eigenvalue weighted by atomic mass is 35.5. The van der Waals surface area contributed by atoms with Crippen molar-refractivity contribution in [2.75, 3.05) is 13.7 Å². The molecule has 0 saturated carbocycles. The first-order valence-electron chi connectivity index (χ1n) is 6.29. The van der Waals surface area contributed by atoms with E-state index in [1.54, 1.807) is 7.11 Å². The quantitative estimate of drug-likeness (QED) is 0.506. The molecule has 0 spiro atoms. The number of unbranched alkanes of at least 4 members (excludes halogenated alkanes) is 3. The number of rotatable bonds is 9. The Bertz CT molecular complexity index is 315. The van der Waals surface area contributed by atoms with Gasteiger partial charge in [0, 0.05) is 20.1 Å². The van der Waals surface area contributed by atoms with Crippen molar-refractivity contribution in [2.24, 2.45) is 0 Å². The Balaban J connectivity index is 2.53. The Morgan fingerprint density at radius 3 is 2.59 bits per heavy atom. The van der Waals surface area contributed by atoms with Gasteiger partial charge in [0.1, 0.15) is 11.6 Å². The fraction of sp³-hybridized carbons (Fsp3) is 0.833. The minimum Gasteiger partial charge on any atom is -0.383 e. The molecule has 1 aromatic heterocycles.